The highest BCUT2D eigenvalue weighted by atomic mass is 15.2. The van der Waals surface area contributed by atoms with E-state index in [1.54, 1.807) is 0 Å². The molecule has 2 heteroatoms. The van der Waals surface area contributed by atoms with Crippen LogP contribution in [0.25, 0.3) is 0 Å². The third kappa shape index (κ3) is 3.03. The lowest BCUT2D eigenvalue weighted by Crippen LogP contribution is -2.46. The molecule has 3 aliphatic rings. The van der Waals surface area contributed by atoms with Crippen LogP contribution in [0.4, 0.5) is 0 Å². The summed E-state index contributed by atoms with van der Waals surface area (Å²) in [5.74, 6) is 2.02. The van der Waals surface area contributed by atoms with Gasteiger partial charge in [-0.1, -0.05) is 12.8 Å². The zero-order valence-corrected chi connectivity index (χ0v) is 11.3. The van der Waals surface area contributed by atoms with Gasteiger partial charge in [0.15, 0.2) is 0 Å². The topological polar surface area (TPSA) is 15.3 Å². The Labute approximate surface area is 106 Å². The Morgan fingerprint density at radius 3 is 2.76 bits per heavy atom. The maximum Gasteiger partial charge on any atom is 0.0108 e. The van der Waals surface area contributed by atoms with Gasteiger partial charge in [-0.2, -0.15) is 0 Å². The number of hydrogen-bond acceptors (Lipinski definition) is 2. The molecule has 0 aromatic heterocycles. The molecule has 0 amide bonds. The maximum absolute atomic E-state index is 3.71. The third-order valence-corrected chi connectivity index (χ3v) is 5.15. The number of likely N-dealkylation sites (tertiary alicyclic amines) is 1. The van der Waals surface area contributed by atoms with E-state index in [-0.39, 0.29) is 0 Å². The fraction of sp³-hybridized carbons (Fsp3) is 1.00. The highest BCUT2D eigenvalue weighted by Gasteiger charge is 2.32. The Balaban J connectivity index is 1.50. The van der Waals surface area contributed by atoms with Crippen LogP contribution in [0.1, 0.15) is 51.9 Å². The Morgan fingerprint density at radius 2 is 2.06 bits per heavy atom. The van der Waals surface area contributed by atoms with Gasteiger partial charge >= 0.3 is 0 Å². The summed E-state index contributed by atoms with van der Waals surface area (Å²) in [6.45, 7) is 6.45. The Kier molecular flexibility index (Phi) is 3.72. The molecule has 17 heavy (non-hydrogen) atoms. The minimum Gasteiger partial charge on any atom is -0.314 e. The van der Waals surface area contributed by atoms with Crippen molar-refractivity contribution in [2.24, 2.45) is 11.8 Å². The quantitative estimate of drug-likeness (QED) is 0.807. The van der Waals surface area contributed by atoms with Crippen LogP contribution >= 0.6 is 0 Å². The maximum atomic E-state index is 3.71. The predicted molar refractivity (Wildman–Crippen MR) is 72.1 cm³/mol. The van der Waals surface area contributed by atoms with Crippen LogP contribution in [0.15, 0.2) is 0 Å². The van der Waals surface area contributed by atoms with E-state index in [0.717, 1.165) is 23.9 Å². The molecular formula is C15H28N2. The van der Waals surface area contributed by atoms with Crippen molar-refractivity contribution in [3.63, 3.8) is 0 Å². The van der Waals surface area contributed by atoms with Crippen molar-refractivity contribution in [2.75, 3.05) is 19.6 Å². The second-order valence-corrected chi connectivity index (χ2v) is 6.63. The first-order valence-corrected chi connectivity index (χ1v) is 7.80. The molecule has 3 unspecified atom stereocenters. The van der Waals surface area contributed by atoms with E-state index >= 15 is 0 Å². The lowest BCUT2D eigenvalue weighted by atomic mass is 9.89. The average Bonchev–Trinajstić information content (AvgIpc) is 3.00. The molecule has 1 saturated carbocycles. The van der Waals surface area contributed by atoms with Gasteiger partial charge in [-0.15, -0.1) is 0 Å². The van der Waals surface area contributed by atoms with Gasteiger partial charge in [0, 0.05) is 18.6 Å². The van der Waals surface area contributed by atoms with Crippen LogP contribution in [0.5, 0.6) is 0 Å². The number of rotatable bonds is 4. The van der Waals surface area contributed by atoms with Crippen LogP contribution in [-0.2, 0) is 0 Å². The molecule has 0 aromatic carbocycles. The first-order valence-electron chi connectivity index (χ1n) is 7.80. The van der Waals surface area contributed by atoms with Crippen molar-refractivity contribution in [1.82, 2.24) is 10.2 Å². The molecule has 0 aromatic rings. The third-order valence-electron chi connectivity index (χ3n) is 5.15. The Hall–Kier alpha value is -0.0800. The van der Waals surface area contributed by atoms with Crippen molar-refractivity contribution in [3.8, 4) is 0 Å². The van der Waals surface area contributed by atoms with E-state index in [0.29, 0.717) is 0 Å². The van der Waals surface area contributed by atoms with Crippen LogP contribution in [0.3, 0.4) is 0 Å². The van der Waals surface area contributed by atoms with Crippen molar-refractivity contribution in [2.45, 2.75) is 64.0 Å². The molecule has 2 heterocycles. The van der Waals surface area contributed by atoms with Gasteiger partial charge in [0.2, 0.25) is 0 Å². The molecule has 3 rings (SSSR count). The van der Waals surface area contributed by atoms with Crippen LogP contribution in [0, 0.1) is 11.8 Å². The number of nitrogens with one attached hydrogen (secondary N) is 1. The first kappa shape index (κ1) is 12.0. The lowest BCUT2D eigenvalue weighted by Gasteiger charge is -2.39. The van der Waals surface area contributed by atoms with Crippen LogP contribution in [-0.4, -0.2) is 36.6 Å². The van der Waals surface area contributed by atoms with E-state index in [4.69, 9.17) is 0 Å². The standard InChI is InChI=1S/C15H28N2/c1-12(10-13-6-7-13)17-9-3-4-14(11-17)15-5-2-8-16-15/h12-16H,2-11H2,1H3. The minimum absolute atomic E-state index is 0.839. The summed E-state index contributed by atoms with van der Waals surface area (Å²) in [4.78, 5) is 2.78. The summed E-state index contributed by atoms with van der Waals surface area (Å²) in [6.07, 6.45) is 10.2. The number of hydrogen-bond donors (Lipinski definition) is 1. The molecule has 2 saturated heterocycles. The van der Waals surface area contributed by atoms with Gasteiger partial charge < -0.3 is 10.2 Å². The smallest absolute Gasteiger partial charge is 0.0108 e. The zero-order chi connectivity index (χ0) is 11.7. The van der Waals surface area contributed by atoms with Crippen molar-refractivity contribution < 1.29 is 0 Å². The summed E-state index contributed by atoms with van der Waals surface area (Å²) >= 11 is 0. The second kappa shape index (κ2) is 5.27. The second-order valence-electron chi connectivity index (χ2n) is 6.63. The van der Waals surface area contributed by atoms with Gasteiger partial charge in [0.25, 0.3) is 0 Å². The highest BCUT2D eigenvalue weighted by Crippen LogP contribution is 2.35. The van der Waals surface area contributed by atoms with Crippen LogP contribution < -0.4 is 5.32 Å². The van der Waals surface area contributed by atoms with E-state index in [9.17, 15) is 0 Å². The highest BCUT2D eigenvalue weighted by molar-refractivity contribution is 4.88. The molecule has 98 valence electrons. The molecule has 0 radical (unpaired) electrons. The van der Waals surface area contributed by atoms with Gasteiger partial charge in [-0.05, 0) is 64.0 Å². The van der Waals surface area contributed by atoms with Crippen LogP contribution in [0.2, 0.25) is 0 Å². The Bertz CT molecular complexity index is 243. The summed E-state index contributed by atoms with van der Waals surface area (Å²) in [5.41, 5.74) is 0. The molecule has 2 nitrogen and oxygen atoms in total. The van der Waals surface area contributed by atoms with E-state index in [1.165, 1.54) is 64.6 Å². The number of piperidine rings is 1. The normalized spacial score (nSPS) is 37.2. The molecular weight excluding hydrogens is 208 g/mol. The molecule has 0 spiro atoms. The van der Waals surface area contributed by atoms with Crippen molar-refractivity contribution >= 4 is 0 Å². The monoisotopic (exact) mass is 236 g/mol. The van der Waals surface area contributed by atoms with E-state index < -0.39 is 0 Å². The minimum atomic E-state index is 0.839. The Morgan fingerprint density at radius 1 is 1.18 bits per heavy atom. The predicted octanol–water partition coefficient (Wildman–Crippen LogP) is 2.64. The zero-order valence-electron chi connectivity index (χ0n) is 11.3. The first-order chi connectivity index (χ1) is 8.33. The van der Waals surface area contributed by atoms with E-state index in [1.807, 2.05) is 0 Å². The molecule has 0 bridgehead atoms. The fourth-order valence-electron chi connectivity index (χ4n) is 3.87. The van der Waals surface area contributed by atoms with Gasteiger partial charge in [0.1, 0.15) is 0 Å². The summed E-state index contributed by atoms with van der Waals surface area (Å²) in [5, 5.41) is 3.71. The number of nitrogens with zero attached hydrogens (tertiary/aromatic N) is 1. The summed E-state index contributed by atoms with van der Waals surface area (Å²) in [6, 6.07) is 1.68. The SMILES string of the molecule is CC(CC1CC1)N1CCCC(C2CCCN2)C1. The van der Waals surface area contributed by atoms with Crippen molar-refractivity contribution in [1.29, 1.82) is 0 Å². The van der Waals surface area contributed by atoms with Gasteiger partial charge in [0.05, 0.1) is 0 Å². The molecule has 2 aliphatic heterocycles. The summed E-state index contributed by atoms with van der Waals surface area (Å²) < 4.78 is 0. The molecule has 3 atom stereocenters. The summed E-state index contributed by atoms with van der Waals surface area (Å²) in [7, 11) is 0. The molecule has 1 N–H and O–H groups in total. The fourth-order valence-corrected chi connectivity index (χ4v) is 3.87. The largest absolute Gasteiger partial charge is 0.314 e. The molecule has 1 aliphatic carbocycles. The van der Waals surface area contributed by atoms with Gasteiger partial charge in [-0.3, -0.25) is 0 Å². The molecule has 3 fully saturated rings. The lowest BCUT2D eigenvalue weighted by molar-refractivity contribution is 0.107. The average molecular weight is 236 g/mol. The van der Waals surface area contributed by atoms with Crippen molar-refractivity contribution in [3.05, 3.63) is 0 Å². The van der Waals surface area contributed by atoms with Gasteiger partial charge in [-0.25, -0.2) is 0 Å². The van der Waals surface area contributed by atoms with E-state index in [2.05, 4.69) is 17.1 Å².